The standard InChI is InChI=1S/C15H21N3O/c1-5-15(17(2)3)19-14-8-6-12(7-9-14)13-10-16-18(4)11-13/h6-11,15H,5H2,1-4H3. The molecular formula is C15H21N3O. The Morgan fingerprint density at radius 3 is 2.37 bits per heavy atom. The van der Waals surface area contributed by atoms with Crippen LogP contribution in [-0.4, -0.2) is 35.0 Å². The van der Waals surface area contributed by atoms with Gasteiger partial charge in [-0.2, -0.15) is 5.10 Å². The fraction of sp³-hybridized carbons (Fsp3) is 0.400. The quantitative estimate of drug-likeness (QED) is 0.773. The summed E-state index contributed by atoms with van der Waals surface area (Å²) in [5, 5.41) is 4.18. The number of hydrogen-bond donors (Lipinski definition) is 0. The van der Waals surface area contributed by atoms with Crippen LogP contribution in [0.2, 0.25) is 0 Å². The summed E-state index contributed by atoms with van der Waals surface area (Å²) < 4.78 is 7.73. The van der Waals surface area contributed by atoms with Gasteiger partial charge < -0.3 is 4.74 Å². The topological polar surface area (TPSA) is 30.3 Å². The predicted octanol–water partition coefficient (Wildman–Crippen LogP) is 2.76. The van der Waals surface area contributed by atoms with Crippen LogP contribution in [0.4, 0.5) is 0 Å². The molecule has 4 nitrogen and oxygen atoms in total. The van der Waals surface area contributed by atoms with Crippen LogP contribution in [0.5, 0.6) is 5.75 Å². The van der Waals surface area contributed by atoms with Crippen molar-refractivity contribution in [2.75, 3.05) is 14.1 Å². The summed E-state index contributed by atoms with van der Waals surface area (Å²) in [6, 6.07) is 8.15. The molecule has 1 aromatic carbocycles. The van der Waals surface area contributed by atoms with E-state index in [2.05, 4.69) is 29.1 Å². The van der Waals surface area contributed by atoms with Gasteiger partial charge in [-0.3, -0.25) is 9.58 Å². The highest BCUT2D eigenvalue weighted by atomic mass is 16.5. The molecule has 2 rings (SSSR count). The summed E-state index contributed by atoms with van der Waals surface area (Å²) in [5.41, 5.74) is 2.27. The molecule has 0 N–H and O–H groups in total. The molecule has 1 heterocycles. The van der Waals surface area contributed by atoms with Gasteiger partial charge in [0.25, 0.3) is 0 Å². The van der Waals surface area contributed by atoms with Crippen LogP contribution in [0.3, 0.4) is 0 Å². The molecule has 0 saturated heterocycles. The van der Waals surface area contributed by atoms with Gasteiger partial charge in [0.15, 0.2) is 6.23 Å². The third-order valence-corrected chi connectivity index (χ3v) is 3.09. The fourth-order valence-electron chi connectivity index (χ4n) is 2.01. The van der Waals surface area contributed by atoms with Gasteiger partial charge in [-0.05, 0) is 38.2 Å². The molecule has 4 heteroatoms. The maximum Gasteiger partial charge on any atom is 0.151 e. The minimum Gasteiger partial charge on any atom is -0.475 e. The average molecular weight is 259 g/mol. The number of aromatic nitrogens is 2. The Hall–Kier alpha value is -1.81. The lowest BCUT2D eigenvalue weighted by Crippen LogP contribution is -2.32. The molecular weight excluding hydrogens is 238 g/mol. The van der Waals surface area contributed by atoms with Gasteiger partial charge >= 0.3 is 0 Å². The molecule has 1 atom stereocenters. The van der Waals surface area contributed by atoms with E-state index in [-0.39, 0.29) is 6.23 Å². The first-order chi connectivity index (χ1) is 9.10. The molecule has 1 unspecified atom stereocenters. The second-order valence-electron chi connectivity index (χ2n) is 4.87. The number of nitrogens with zero attached hydrogens (tertiary/aromatic N) is 3. The van der Waals surface area contributed by atoms with Crippen molar-refractivity contribution in [1.82, 2.24) is 14.7 Å². The van der Waals surface area contributed by atoms with Gasteiger partial charge in [0.05, 0.1) is 6.20 Å². The van der Waals surface area contributed by atoms with Crippen molar-refractivity contribution in [1.29, 1.82) is 0 Å². The Kier molecular flexibility index (Phi) is 4.22. The van der Waals surface area contributed by atoms with Crippen LogP contribution in [0, 0.1) is 0 Å². The highest BCUT2D eigenvalue weighted by Gasteiger charge is 2.10. The molecule has 0 amide bonds. The molecule has 0 spiro atoms. The van der Waals surface area contributed by atoms with Crippen molar-refractivity contribution in [2.24, 2.45) is 7.05 Å². The smallest absolute Gasteiger partial charge is 0.151 e. The Morgan fingerprint density at radius 2 is 1.89 bits per heavy atom. The Labute approximate surface area is 114 Å². The maximum atomic E-state index is 5.93. The zero-order valence-electron chi connectivity index (χ0n) is 12.0. The molecule has 1 aromatic heterocycles. The maximum absolute atomic E-state index is 5.93. The summed E-state index contributed by atoms with van der Waals surface area (Å²) in [6.45, 7) is 2.12. The molecule has 0 radical (unpaired) electrons. The SMILES string of the molecule is CCC(Oc1ccc(-c2cnn(C)c2)cc1)N(C)C. The second-order valence-corrected chi connectivity index (χ2v) is 4.87. The Balaban J connectivity index is 2.10. The minimum atomic E-state index is 0.115. The van der Waals surface area contributed by atoms with Crippen LogP contribution >= 0.6 is 0 Å². The first-order valence-electron chi connectivity index (χ1n) is 6.52. The van der Waals surface area contributed by atoms with Crippen LogP contribution in [0.1, 0.15) is 13.3 Å². The summed E-state index contributed by atoms with van der Waals surface area (Å²) >= 11 is 0. The van der Waals surface area contributed by atoms with Crippen molar-refractivity contribution in [3.63, 3.8) is 0 Å². The van der Waals surface area contributed by atoms with Gasteiger partial charge in [0, 0.05) is 18.8 Å². The lowest BCUT2D eigenvalue weighted by Gasteiger charge is -2.24. The molecule has 102 valence electrons. The molecule has 0 aliphatic rings. The van der Waals surface area contributed by atoms with E-state index < -0.39 is 0 Å². The van der Waals surface area contributed by atoms with Gasteiger partial charge in [0.1, 0.15) is 5.75 Å². The predicted molar refractivity (Wildman–Crippen MR) is 77.0 cm³/mol. The van der Waals surface area contributed by atoms with Gasteiger partial charge in [-0.1, -0.05) is 19.1 Å². The normalized spacial score (nSPS) is 12.7. The number of ether oxygens (including phenoxy) is 1. The number of rotatable bonds is 5. The molecule has 0 aliphatic carbocycles. The van der Waals surface area contributed by atoms with Gasteiger partial charge in [-0.25, -0.2) is 0 Å². The molecule has 19 heavy (non-hydrogen) atoms. The third-order valence-electron chi connectivity index (χ3n) is 3.09. The van der Waals surface area contributed by atoms with E-state index in [4.69, 9.17) is 4.74 Å². The number of aryl methyl sites for hydroxylation is 1. The van der Waals surface area contributed by atoms with Crippen molar-refractivity contribution in [3.05, 3.63) is 36.7 Å². The van der Waals surface area contributed by atoms with Crippen LogP contribution in [0.25, 0.3) is 11.1 Å². The van der Waals surface area contributed by atoms with Crippen LogP contribution in [-0.2, 0) is 7.05 Å². The van der Waals surface area contributed by atoms with Crippen molar-refractivity contribution in [3.8, 4) is 16.9 Å². The summed E-state index contributed by atoms with van der Waals surface area (Å²) in [4.78, 5) is 2.08. The summed E-state index contributed by atoms with van der Waals surface area (Å²) in [5.74, 6) is 0.896. The van der Waals surface area contributed by atoms with E-state index in [1.165, 1.54) is 0 Å². The molecule has 0 saturated carbocycles. The first kappa shape index (κ1) is 13.6. The highest BCUT2D eigenvalue weighted by molar-refractivity contribution is 5.62. The number of benzene rings is 1. The van der Waals surface area contributed by atoms with Crippen molar-refractivity contribution in [2.45, 2.75) is 19.6 Å². The Morgan fingerprint density at radius 1 is 1.21 bits per heavy atom. The van der Waals surface area contributed by atoms with E-state index in [0.717, 1.165) is 23.3 Å². The third kappa shape index (κ3) is 3.35. The largest absolute Gasteiger partial charge is 0.475 e. The summed E-state index contributed by atoms with van der Waals surface area (Å²) in [6.07, 6.45) is 4.94. The van der Waals surface area contributed by atoms with Crippen molar-refractivity contribution >= 4 is 0 Å². The van der Waals surface area contributed by atoms with E-state index >= 15 is 0 Å². The lowest BCUT2D eigenvalue weighted by atomic mass is 10.1. The molecule has 0 bridgehead atoms. The fourth-order valence-corrected chi connectivity index (χ4v) is 2.01. The molecule has 0 aliphatic heterocycles. The minimum absolute atomic E-state index is 0.115. The van der Waals surface area contributed by atoms with Crippen LogP contribution in [0.15, 0.2) is 36.7 Å². The zero-order chi connectivity index (χ0) is 13.8. The first-order valence-corrected chi connectivity index (χ1v) is 6.52. The Bertz CT molecular complexity index is 516. The van der Waals surface area contributed by atoms with Gasteiger partial charge in [0.2, 0.25) is 0 Å². The van der Waals surface area contributed by atoms with E-state index in [1.807, 2.05) is 45.7 Å². The average Bonchev–Trinajstić information content (AvgIpc) is 2.83. The summed E-state index contributed by atoms with van der Waals surface area (Å²) in [7, 11) is 5.97. The second kappa shape index (κ2) is 5.89. The highest BCUT2D eigenvalue weighted by Crippen LogP contribution is 2.22. The van der Waals surface area contributed by atoms with Crippen molar-refractivity contribution < 1.29 is 4.74 Å². The monoisotopic (exact) mass is 259 g/mol. The molecule has 0 fully saturated rings. The van der Waals surface area contributed by atoms with E-state index in [9.17, 15) is 0 Å². The number of hydrogen-bond acceptors (Lipinski definition) is 3. The van der Waals surface area contributed by atoms with E-state index in [0.29, 0.717) is 0 Å². The lowest BCUT2D eigenvalue weighted by molar-refractivity contribution is 0.0613. The van der Waals surface area contributed by atoms with E-state index in [1.54, 1.807) is 4.68 Å². The zero-order valence-corrected chi connectivity index (χ0v) is 12.0. The van der Waals surface area contributed by atoms with Crippen LogP contribution < -0.4 is 4.74 Å². The molecule has 2 aromatic rings. The van der Waals surface area contributed by atoms with Gasteiger partial charge in [-0.15, -0.1) is 0 Å².